The molecule has 8 nitrogen and oxygen atoms in total. The fourth-order valence-electron chi connectivity index (χ4n) is 4.73. The van der Waals surface area contributed by atoms with Crippen LogP contribution in [0, 0.1) is 6.92 Å². The van der Waals surface area contributed by atoms with Crippen molar-refractivity contribution in [3.8, 4) is 10.7 Å². The largest absolute Gasteiger partial charge is 0.323 e. The number of nitrogens with zero attached hydrogens (tertiary/aromatic N) is 5. The molecule has 0 saturated carbocycles. The lowest BCUT2D eigenvalue weighted by Crippen LogP contribution is -2.53. The molecule has 3 aromatic rings. The van der Waals surface area contributed by atoms with Gasteiger partial charge in [-0.05, 0) is 50.1 Å². The second-order valence-corrected chi connectivity index (χ2v) is 9.33. The third-order valence-electron chi connectivity index (χ3n) is 6.08. The second-order valence-electron chi connectivity index (χ2n) is 8.15. The molecular formula is C21H24FN7OS. The molecular weight excluding hydrogens is 417 g/mol. The number of hydrogen-bond donors (Lipinski definition) is 2. The molecule has 0 radical (unpaired) electrons. The summed E-state index contributed by atoms with van der Waals surface area (Å²) in [5.74, 6) is 0.514. The van der Waals surface area contributed by atoms with Crippen molar-refractivity contribution in [2.45, 2.75) is 50.7 Å². The summed E-state index contributed by atoms with van der Waals surface area (Å²) in [5.41, 5.74) is 0.752. The van der Waals surface area contributed by atoms with E-state index in [4.69, 9.17) is 0 Å². The van der Waals surface area contributed by atoms with Gasteiger partial charge in [0.2, 0.25) is 0 Å². The van der Waals surface area contributed by atoms with Crippen molar-refractivity contribution in [3.63, 3.8) is 0 Å². The number of aromatic nitrogens is 4. The lowest BCUT2D eigenvalue weighted by molar-refractivity contribution is 0.141. The molecule has 2 amide bonds. The fraction of sp³-hybridized carbons (Fsp3) is 0.476. The Labute approximate surface area is 183 Å². The van der Waals surface area contributed by atoms with Gasteiger partial charge in [0.05, 0.1) is 0 Å². The van der Waals surface area contributed by atoms with Crippen molar-refractivity contribution >= 4 is 34.0 Å². The molecule has 2 fully saturated rings. The summed E-state index contributed by atoms with van der Waals surface area (Å²) in [6, 6.07) is 4.35. The molecule has 10 heteroatoms. The van der Waals surface area contributed by atoms with Crippen molar-refractivity contribution in [2.24, 2.45) is 0 Å². The van der Waals surface area contributed by atoms with E-state index in [0.29, 0.717) is 12.4 Å². The monoisotopic (exact) mass is 441 g/mol. The Morgan fingerprint density at radius 3 is 2.65 bits per heavy atom. The lowest BCUT2D eigenvalue weighted by Gasteiger charge is -2.39. The summed E-state index contributed by atoms with van der Waals surface area (Å²) in [6.07, 6.45) is 7.20. The molecule has 2 N–H and O–H groups in total. The molecule has 3 atom stereocenters. The van der Waals surface area contributed by atoms with Gasteiger partial charge in [0.15, 0.2) is 5.01 Å². The third-order valence-corrected chi connectivity index (χ3v) is 6.94. The molecule has 5 heterocycles. The van der Waals surface area contributed by atoms with Crippen LogP contribution in [-0.2, 0) is 0 Å². The molecule has 0 aromatic carbocycles. The van der Waals surface area contributed by atoms with Gasteiger partial charge in [-0.2, -0.15) is 0 Å². The number of nitrogens with one attached hydrogen (secondary N) is 2. The van der Waals surface area contributed by atoms with Gasteiger partial charge in [0, 0.05) is 42.5 Å². The first-order valence-electron chi connectivity index (χ1n) is 10.6. The molecule has 162 valence electrons. The molecule has 0 spiro atoms. The normalized spacial score (nSPS) is 22.8. The molecule has 2 bridgehead atoms. The van der Waals surface area contributed by atoms with Gasteiger partial charge in [0.1, 0.15) is 23.2 Å². The maximum atomic E-state index is 13.0. The van der Waals surface area contributed by atoms with Gasteiger partial charge in [-0.3, -0.25) is 10.3 Å². The zero-order chi connectivity index (χ0) is 21.4. The van der Waals surface area contributed by atoms with Gasteiger partial charge in [-0.1, -0.05) is 11.3 Å². The Balaban J connectivity index is 1.31. The topological polar surface area (TPSA) is 95.9 Å². The number of alkyl halides is 1. The number of fused-ring (bicyclic) bond motifs is 3. The Kier molecular flexibility index (Phi) is 5.49. The highest BCUT2D eigenvalue weighted by atomic mass is 32.1. The standard InChI is InChI=1S/C21H24FN7OS/c1-12-27-28-20(31-12)18-6-13-7-19(25-11-14(13)10-24-18)26-21(30)29-16-2-3-17(29)9-15(8-16)23-5-4-22/h6-7,10-11,15-17,23H,2-5,8-9H2,1H3,(H,25,26,30)/t15-,16-,17+. The van der Waals surface area contributed by atoms with Crippen LogP contribution in [0.2, 0.25) is 0 Å². The SMILES string of the molecule is Cc1nnc(-c2cc3cc(NC(=O)N4[C@@H]5CC[C@H]4C[C@H](NCCF)C5)ncc3cn2)s1. The number of urea groups is 1. The average Bonchev–Trinajstić information content (AvgIpc) is 3.32. The van der Waals surface area contributed by atoms with Gasteiger partial charge < -0.3 is 10.2 Å². The number of rotatable bonds is 5. The van der Waals surface area contributed by atoms with Crippen LogP contribution in [0.1, 0.15) is 30.7 Å². The van der Waals surface area contributed by atoms with Crippen molar-refractivity contribution in [1.29, 1.82) is 0 Å². The van der Waals surface area contributed by atoms with E-state index in [0.717, 1.165) is 52.2 Å². The maximum absolute atomic E-state index is 13.0. The molecule has 5 rings (SSSR count). The van der Waals surface area contributed by atoms with Crippen LogP contribution in [0.3, 0.4) is 0 Å². The van der Waals surface area contributed by atoms with Crippen molar-refractivity contribution < 1.29 is 9.18 Å². The molecule has 2 aliphatic rings. The number of carbonyl (C=O) groups excluding carboxylic acids is 1. The van der Waals surface area contributed by atoms with Crippen LogP contribution in [0.25, 0.3) is 21.5 Å². The van der Waals surface area contributed by atoms with E-state index in [1.54, 1.807) is 12.4 Å². The van der Waals surface area contributed by atoms with E-state index < -0.39 is 0 Å². The highest BCUT2D eigenvalue weighted by Crippen LogP contribution is 2.36. The molecule has 2 saturated heterocycles. The highest BCUT2D eigenvalue weighted by Gasteiger charge is 2.43. The number of carbonyl (C=O) groups is 1. The average molecular weight is 442 g/mol. The second kappa shape index (κ2) is 8.43. The predicted molar refractivity (Wildman–Crippen MR) is 118 cm³/mol. The van der Waals surface area contributed by atoms with Gasteiger partial charge in [0.25, 0.3) is 0 Å². The Bertz CT molecular complexity index is 1090. The number of halogens is 1. The first-order valence-corrected chi connectivity index (χ1v) is 11.4. The third kappa shape index (κ3) is 4.09. The Morgan fingerprint density at radius 1 is 1.16 bits per heavy atom. The first-order chi connectivity index (χ1) is 15.1. The van der Waals surface area contributed by atoms with Crippen molar-refractivity contribution in [1.82, 2.24) is 30.4 Å². The summed E-state index contributed by atoms with van der Waals surface area (Å²) >= 11 is 1.49. The quantitative estimate of drug-likeness (QED) is 0.629. The van der Waals surface area contributed by atoms with Crippen LogP contribution >= 0.6 is 11.3 Å². The summed E-state index contributed by atoms with van der Waals surface area (Å²) in [5, 5.41) is 17.9. The minimum Gasteiger partial charge on any atom is -0.318 e. The van der Waals surface area contributed by atoms with E-state index in [1.807, 2.05) is 24.0 Å². The Hall–Kier alpha value is -2.72. The predicted octanol–water partition coefficient (Wildman–Crippen LogP) is 3.54. The van der Waals surface area contributed by atoms with Crippen LogP contribution in [0.15, 0.2) is 24.5 Å². The number of piperidine rings is 1. The van der Waals surface area contributed by atoms with Crippen LogP contribution in [-0.4, -0.2) is 62.4 Å². The van der Waals surface area contributed by atoms with E-state index in [9.17, 15) is 9.18 Å². The van der Waals surface area contributed by atoms with E-state index in [-0.39, 0.29) is 30.8 Å². The zero-order valence-electron chi connectivity index (χ0n) is 17.2. The lowest BCUT2D eigenvalue weighted by atomic mass is 9.97. The summed E-state index contributed by atoms with van der Waals surface area (Å²) in [4.78, 5) is 23.9. The number of pyridine rings is 2. The summed E-state index contributed by atoms with van der Waals surface area (Å²) in [7, 11) is 0. The summed E-state index contributed by atoms with van der Waals surface area (Å²) in [6.45, 7) is 1.93. The molecule has 0 unspecified atom stereocenters. The van der Waals surface area contributed by atoms with Gasteiger partial charge in [-0.25, -0.2) is 14.2 Å². The highest BCUT2D eigenvalue weighted by molar-refractivity contribution is 7.14. The minimum atomic E-state index is -0.362. The van der Waals surface area contributed by atoms with Crippen LogP contribution < -0.4 is 10.6 Å². The van der Waals surface area contributed by atoms with E-state index in [2.05, 4.69) is 30.8 Å². The maximum Gasteiger partial charge on any atom is 0.323 e. The van der Waals surface area contributed by atoms with Gasteiger partial charge >= 0.3 is 6.03 Å². The molecule has 2 aliphatic heterocycles. The van der Waals surface area contributed by atoms with Crippen molar-refractivity contribution in [3.05, 3.63) is 29.5 Å². The zero-order valence-corrected chi connectivity index (χ0v) is 18.0. The smallest absolute Gasteiger partial charge is 0.318 e. The molecule has 0 aliphatic carbocycles. The first kappa shape index (κ1) is 20.2. The van der Waals surface area contributed by atoms with Crippen LogP contribution in [0.5, 0.6) is 0 Å². The van der Waals surface area contributed by atoms with Crippen LogP contribution in [0.4, 0.5) is 15.0 Å². The number of aryl methyl sites for hydroxylation is 1. The minimum absolute atomic E-state index is 0.114. The number of anilines is 1. The van der Waals surface area contributed by atoms with Gasteiger partial charge in [-0.15, -0.1) is 10.2 Å². The number of amides is 2. The fourth-order valence-corrected chi connectivity index (χ4v) is 5.39. The van der Waals surface area contributed by atoms with E-state index in [1.165, 1.54) is 11.3 Å². The molecule has 31 heavy (non-hydrogen) atoms. The number of hydrogen-bond acceptors (Lipinski definition) is 7. The summed E-state index contributed by atoms with van der Waals surface area (Å²) < 4.78 is 12.5. The van der Waals surface area contributed by atoms with E-state index >= 15 is 0 Å². The Morgan fingerprint density at radius 2 is 1.94 bits per heavy atom. The molecule has 3 aromatic heterocycles. The van der Waals surface area contributed by atoms with Crippen molar-refractivity contribution in [2.75, 3.05) is 18.5 Å².